The minimum atomic E-state index is 0.242. The fourth-order valence-corrected chi connectivity index (χ4v) is 2.63. The molecule has 3 aromatic rings. The molecule has 0 bridgehead atoms. The van der Waals surface area contributed by atoms with Crippen LogP contribution in [0.5, 0.6) is 0 Å². The summed E-state index contributed by atoms with van der Waals surface area (Å²) in [4.78, 5) is 8.22. The Balaban J connectivity index is 1.91. The molecule has 1 aromatic carbocycles. The zero-order valence-electron chi connectivity index (χ0n) is 11.3. The van der Waals surface area contributed by atoms with Gasteiger partial charge < -0.3 is 10.2 Å². The molecule has 0 unspecified atom stereocenters. The van der Waals surface area contributed by atoms with Gasteiger partial charge in [-0.15, -0.1) is 10.2 Å². The topological polar surface area (TPSA) is 90.7 Å². The van der Waals surface area contributed by atoms with Crippen molar-refractivity contribution in [3.05, 3.63) is 40.6 Å². The van der Waals surface area contributed by atoms with Crippen LogP contribution in [0.1, 0.15) is 5.56 Å². The van der Waals surface area contributed by atoms with E-state index >= 15 is 0 Å². The third kappa shape index (κ3) is 3.17. The maximum atomic E-state index is 5.80. The van der Waals surface area contributed by atoms with Crippen molar-refractivity contribution < 1.29 is 4.42 Å². The summed E-state index contributed by atoms with van der Waals surface area (Å²) in [7, 11) is 0. The van der Waals surface area contributed by atoms with Crippen LogP contribution in [0.15, 0.2) is 39.5 Å². The molecule has 6 nitrogen and oxygen atoms in total. The number of aryl methyl sites for hydroxylation is 1. The Morgan fingerprint density at radius 2 is 1.82 bits per heavy atom. The second kappa shape index (κ2) is 6.53. The average Bonchev–Trinajstić information content (AvgIpc) is 3.00. The van der Waals surface area contributed by atoms with E-state index in [1.165, 1.54) is 11.8 Å². The summed E-state index contributed by atoms with van der Waals surface area (Å²) >= 11 is 6.67. The molecule has 8 heteroatoms. The highest BCUT2D eigenvalue weighted by molar-refractivity contribution is 9.10. The number of aromatic nitrogens is 4. The highest BCUT2D eigenvalue weighted by Crippen LogP contribution is 2.26. The van der Waals surface area contributed by atoms with Gasteiger partial charge in [-0.2, -0.15) is 0 Å². The lowest BCUT2D eigenvalue weighted by atomic mass is 10.1. The van der Waals surface area contributed by atoms with Crippen molar-refractivity contribution in [3.63, 3.8) is 0 Å². The Morgan fingerprint density at radius 1 is 1.09 bits per heavy atom. The van der Waals surface area contributed by atoms with Gasteiger partial charge in [0.25, 0.3) is 5.89 Å². The van der Waals surface area contributed by atoms with Crippen LogP contribution in [0, 0.1) is 0 Å². The first-order chi connectivity index (χ1) is 10.7. The molecule has 2 heterocycles. The summed E-state index contributed by atoms with van der Waals surface area (Å²) in [5, 5.41) is 8.97. The molecule has 0 spiro atoms. The lowest BCUT2D eigenvalue weighted by Gasteiger charge is -2.00. The molecule has 2 aromatic heterocycles. The lowest BCUT2D eigenvalue weighted by Crippen LogP contribution is -1.97. The van der Waals surface area contributed by atoms with Gasteiger partial charge in [0, 0.05) is 10.9 Å². The van der Waals surface area contributed by atoms with Gasteiger partial charge in [0.15, 0.2) is 11.5 Å². The summed E-state index contributed by atoms with van der Waals surface area (Å²) in [6.45, 7) is 0. The maximum absolute atomic E-state index is 5.80. The predicted octanol–water partition coefficient (Wildman–Crippen LogP) is 3.48. The Bertz CT molecular complexity index is 788. The van der Waals surface area contributed by atoms with E-state index in [-0.39, 0.29) is 11.7 Å². The molecule has 0 aliphatic carbocycles. The number of hydrogen-bond donors (Lipinski definition) is 1. The van der Waals surface area contributed by atoms with Gasteiger partial charge in [-0.25, -0.2) is 9.97 Å². The molecule has 22 heavy (non-hydrogen) atoms. The van der Waals surface area contributed by atoms with E-state index in [2.05, 4.69) is 52.0 Å². The first-order valence-electron chi connectivity index (χ1n) is 6.44. The van der Waals surface area contributed by atoms with Crippen LogP contribution in [0.4, 0.5) is 5.82 Å². The maximum Gasteiger partial charge on any atom is 0.270 e. The third-order valence-corrected chi connectivity index (χ3v) is 3.76. The molecule has 0 fully saturated rings. The van der Waals surface area contributed by atoms with E-state index in [1.807, 2.05) is 24.3 Å². The fourth-order valence-electron chi connectivity index (χ4n) is 1.89. The zero-order valence-corrected chi connectivity index (χ0v) is 14.5. The number of anilines is 1. The van der Waals surface area contributed by atoms with Crippen LogP contribution in [-0.2, 0) is 6.42 Å². The van der Waals surface area contributed by atoms with Gasteiger partial charge >= 0.3 is 0 Å². The fraction of sp³-hybridized carbons (Fsp3) is 0.143. The van der Waals surface area contributed by atoms with Crippen molar-refractivity contribution in [2.45, 2.75) is 6.42 Å². The van der Waals surface area contributed by atoms with Crippen LogP contribution >= 0.6 is 31.9 Å². The second-order valence-electron chi connectivity index (χ2n) is 4.47. The summed E-state index contributed by atoms with van der Waals surface area (Å²) in [5.41, 5.74) is 8.25. The van der Waals surface area contributed by atoms with Crippen LogP contribution in [0.25, 0.3) is 23.0 Å². The molecule has 112 valence electrons. The van der Waals surface area contributed by atoms with E-state index in [9.17, 15) is 0 Å². The molecule has 0 aliphatic rings. The smallest absolute Gasteiger partial charge is 0.270 e. The number of halogens is 2. The number of hydrogen-bond acceptors (Lipinski definition) is 6. The molecule has 0 saturated heterocycles. The van der Waals surface area contributed by atoms with Crippen molar-refractivity contribution >= 4 is 37.7 Å². The summed E-state index contributed by atoms with van der Waals surface area (Å²) in [6.07, 6.45) is 2.48. The molecular formula is C14H11Br2N5O. The van der Waals surface area contributed by atoms with Gasteiger partial charge in [-0.1, -0.05) is 28.1 Å². The predicted molar refractivity (Wildman–Crippen MR) is 90.4 cm³/mol. The number of benzene rings is 1. The van der Waals surface area contributed by atoms with Gasteiger partial charge in [0.05, 0.1) is 6.20 Å². The van der Waals surface area contributed by atoms with E-state index in [1.54, 1.807) is 0 Å². The molecule has 0 amide bonds. The standard InChI is InChI=1S/C14H11Br2N5O/c15-6-5-8-1-3-9(4-2-8)13-20-21-14(22-13)11-12(17)18-7-10(16)19-11/h1-4,7H,5-6H2,(H2,17,18). The monoisotopic (exact) mass is 423 g/mol. The first-order valence-corrected chi connectivity index (χ1v) is 8.36. The van der Waals surface area contributed by atoms with Crippen LogP contribution in [0.3, 0.4) is 0 Å². The quantitative estimate of drug-likeness (QED) is 0.644. The molecule has 2 N–H and O–H groups in total. The Hall–Kier alpha value is -1.80. The second-order valence-corrected chi connectivity index (χ2v) is 6.08. The number of nitrogen functional groups attached to an aromatic ring is 1. The lowest BCUT2D eigenvalue weighted by molar-refractivity contribution is 0.582. The SMILES string of the molecule is Nc1ncc(Br)nc1-c1nnc(-c2ccc(CCBr)cc2)o1. The summed E-state index contributed by atoms with van der Waals surface area (Å²) < 4.78 is 6.21. The van der Waals surface area contributed by atoms with Crippen molar-refractivity contribution in [3.8, 4) is 23.0 Å². The van der Waals surface area contributed by atoms with E-state index < -0.39 is 0 Å². The Kier molecular flexibility index (Phi) is 4.49. The van der Waals surface area contributed by atoms with E-state index in [0.29, 0.717) is 16.2 Å². The van der Waals surface area contributed by atoms with E-state index in [0.717, 1.165) is 17.3 Å². The van der Waals surface area contributed by atoms with Crippen molar-refractivity contribution in [1.29, 1.82) is 0 Å². The minimum Gasteiger partial charge on any atom is -0.414 e. The van der Waals surface area contributed by atoms with Crippen molar-refractivity contribution in [2.75, 3.05) is 11.1 Å². The Morgan fingerprint density at radius 3 is 2.55 bits per heavy atom. The van der Waals surface area contributed by atoms with Gasteiger partial charge in [0.2, 0.25) is 5.89 Å². The number of nitrogens with two attached hydrogens (primary N) is 1. The normalized spacial score (nSPS) is 10.8. The number of rotatable bonds is 4. The average molecular weight is 425 g/mol. The molecular weight excluding hydrogens is 414 g/mol. The molecule has 0 aliphatic heterocycles. The van der Waals surface area contributed by atoms with E-state index in [4.69, 9.17) is 10.2 Å². The van der Waals surface area contributed by atoms with Crippen LogP contribution < -0.4 is 5.73 Å². The highest BCUT2D eigenvalue weighted by atomic mass is 79.9. The number of alkyl halides is 1. The molecule has 0 saturated carbocycles. The minimum absolute atomic E-state index is 0.242. The van der Waals surface area contributed by atoms with Gasteiger partial charge in [0.1, 0.15) is 4.60 Å². The summed E-state index contributed by atoms with van der Waals surface area (Å²) in [5.74, 6) is 0.901. The molecule has 0 radical (unpaired) electrons. The summed E-state index contributed by atoms with van der Waals surface area (Å²) in [6, 6.07) is 7.97. The van der Waals surface area contributed by atoms with Crippen molar-refractivity contribution in [1.82, 2.24) is 20.2 Å². The largest absolute Gasteiger partial charge is 0.414 e. The molecule has 3 rings (SSSR count). The van der Waals surface area contributed by atoms with Crippen LogP contribution in [-0.4, -0.2) is 25.5 Å². The zero-order chi connectivity index (χ0) is 15.5. The first kappa shape index (κ1) is 15.1. The van der Waals surface area contributed by atoms with Crippen LogP contribution in [0.2, 0.25) is 0 Å². The number of nitrogens with zero attached hydrogens (tertiary/aromatic N) is 4. The van der Waals surface area contributed by atoms with Crippen molar-refractivity contribution in [2.24, 2.45) is 0 Å². The third-order valence-electron chi connectivity index (χ3n) is 2.98. The highest BCUT2D eigenvalue weighted by Gasteiger charge is 2.15. The van der Waals surface area contributed by atoms with Gasteiger partial charge in [-0.05, 0) is 40.0 Å². The Labute approximate surface area is 143 Å². The van der Waals surface area contributed by atoms with Gasteiger partial charge in [-0.3, -0.25) is 0 Å². The molecule has 0 atom stereocenters.